The Morgan fingerprint density at radius 1 is 1.16 bits per heavy atom. The van der Waals surface area contributed by atoms with Crippen LogP contribution in [0.15, 0.2) is 59.6 Å². The molecule has 2 aromatic carbocycles. The number of nitrogens with zero attached hydrogens (tertiary/aromatic N) is 1. The van der Waals surface area contributed by atoms with Crippen molar-refractivity contribution >= 4 is 39.5 Å². The van der Waals surface area contributed by atoms with Gasteiger partial charge in [-0.1, -0.05) is 79.0 Å². The van der Waals surface area contributed by atoms with E-state index in [4.69, 9.17) is 0 Å². The van der Waals surface area contributed by atoms with Gasteiger partial charge in [-0.15, -0.1) is 0 Å². The first-order valence-electron chi connectivity index (χ1n) is 8.42. The van der Waals surface area contributed by atoms with E-state index in [1.807, 2.05) is 43.3 Å². The maximum Gasteiger partial charge on any atom is 0.233 e. The lowest BCUT2D eigenvalue weighted by Gasteiger charge is -2.18. The molecule has 0 aliphatic carbocycles. The minimum absolute atomic E-state index is 0.0648. The van der Waals surface area contributed by atoms with Gasteiger partial charge in [-0.2, -0.15) is 0 Å². The highest BCUT2D eigenvalue weighted by atomic mass is 32.2. The standard InChI is InChI=1S/C20H22N2OS2/c1-14(16-8-4-3-5-9-16)12-21-19(23)15(2)25-20-22-18-11-7-6-10-17(18)13-24-20/h3-11,14-15H,12-13H2,1-2H3,(H,21,23). The Morgan fingerprint density at radius 2 is 1.88 bits per heavy atom. The molecule has 2 unspecified atom stereocenters. The van der Waals surface area contributed by atoms with Gasteiger partial charge in [-0.25, -0.2) is 4.99 Å². The van der Waals surface area contributed by atoms with Crippen molar-refractivity contribution in [2.24, 2.45) is 4.99 Å². The van der Waals surface area contributed by atoms with Gasteiger partial charge < -0.3 is 5.32 Å². The van der Waals surface area contributed by atoms with Crippen LogP contribution in [0.25, 0.3) is 0 Å². The average molecular weight is 371 g/mol. The first-order valence-corrected chi connectivity index (χ1v) is 10.3. The van der Waals surface area contributed by atoms with Gasteiger partial charge in [-0.05, 0) is 30.0 Å². The molecule has 1 amide bonds. The normalized spacial score (nSPS) is 15.7. The second-order valence-electron chi connectivity index (χ2n) is 6.11. The van der Waals surface area contributed by atoms with Gasteiger partial charge in [0.05, 0.1) is 10.9 Å². The van der Waals surface area contributed by atoms with Crippen LogP contribution in [0.1, 0.15) is 30.9 Å². The van der Waals surface area contributed by atoms with Gasteiger partial charge in [0.15, 0.2) is 0 Å². The maximum atomic E-state index is 12.4. The zero-order valence-electron chi connectivity index (χ0n) is 14.4. The second-order valence-corrected chi connectivity index (χ2v) is 8.66. The zero-order chi connectivity index (χ0) is 17.6. The molecule has 1 heterocycles. The Kier molecular flexibility index (Phi) is 6.21. The number of rotatable bonds is 5. The summed E-state index contributed by atoms with van der Waals surface area (Å²) in [5.41, 5.74) is 3.52. The van der Waals surface area contributed by atoms with Crippen LogP contribution in [-0.2, 0) is 10.5 Å². The Labute approximate surface area is 157 Å². The quantitative estimate of drug-likeness (QED) is 0.808. The highest BCUT2D eigenvalue weighted by molar-refractivity contribution is 8.39. The molecule has 3 nitrogen and oxygen atoms in total. The van der Waals surface area contributed by atoms with Gasteiger partial charge in [0.2, 0.25) is 5.91 Å². The Bertz CT molecular complexity index is 761. The fourth-order valence-corrected chi connectivity index (χ4v) is 4.79. The molecule has 2 atom stereocenters. The lowest BCUT2D eigenvalue weighted by molar-refractivity contribution is -0.120. The highest BCUT2D eigenvalue weighted by Crippen LogP contribution is 2.35. The van der Waals surface area contributed by atoms with Crippen molar-refractivity contribution < 1.29 is 4.79 Å². The monoisotopic (exact) mass is 370 g/mol. The summed E-state index contributed by atoms with van der Waals surface area (Å²) in [7, 11) is 0. The Hall–Kier alpha value is -1.72. The summed E-state index contributed by atoms with van der Waals surface area (Å²) in [6.07, 6.45) is 0. The third-order valence-electron chi connectivity index (χ3n) is 4.15. The summed E-state index contributed by atoms with van der Waals surface area (Å²) in [6, 6.07) is 18.4. The smallest absolute Gasteiger partial charge is 0.233 e. The summed E-state index contributed by atoms with van der Waals surface area (Å²) in [6.45, 7) is 4.72. The van der Waals surface area contributed by atoms with E-state index in [0.717, 1.165) is 15.8 Å². The fourth-order valence-electron chi connectivity index (χ4n) is 2.57. The van der Waals surface area contributed by atoms with Crippen molar-refractivity contribution in [3.63, 3.8) is 0 Å². The number of amides is 1. The van der Waals surface area contributed by atoms with Crippen LogP contribution in [0, 0.1) is 0 Å². The highest BCUT2D eigenvalue weighted by Gasteiger charge is 2.20. The molecule has 1 aliphatic heterocycles. The number of thioether (sulfide) groups is 2. The molecule has 1 N–H and O–H groups in total. The van der Waals surface area contributed by atoms with E-state index in [1.165, 1.54) is 11.1 Å². The molecule has 130 valence electrons. The van der Waals surface area contributed by atoms with Crippen molar-refractivity contribution in [2.45, 2.75) is 30.8 Å². The summed E-state index contributed by atoms with van der Waals surface area (Å²) < 4.78 is 0.970. The van der Waals surface area contributed by atoms with Crippen molar-refractivity contribution in [3.8, 4) is 0 Å². The number of aliphatic imine (C=N–C) groups is 1. The van der Waals surface area contributed by atoms with Crippen LogP contribution in [-0.4, -0.2) is 22.1 Å². The predicted molar refractivity (Wildman–Crippen MR) is 110 cm³/mol. The summed E-state index contributed by atoms with van der Waals surface area (Å²) in [5.74, 6) is 1.28. The third-order valence-corrected chi connectivity index (χ3v) is 6.45. The van der Waals surface area contributed by atoms with Crippen LogP contribution < -0.4 is 5.32 Å². The first-order chi connectivity index (χ1) is 12.1. The molecule has 5 heteroatoms. The minimum Gasteiger partial charge on any atom is -0.355 e. The first kappa shape index (κ1) is 18.1. The van der Waals surface area contributed by atoms with Gasteiger partial charge in [-0.3, -0.25) is 4.79 Å². The Morgan fingerprint density at radius 3 is 2.68 bits per heavy atom. The Balaban J connectivity index is 1.52. The van der Waals surface area contributed by atoms with Crippen molar-refractivity contribution in [3.05, 3.63) is 65.7 Å². The maximum absolute atomic E-state index is 12.4. The molecule has 0 fully saturated rings. The molecule has 25 heavy (non-hydrogen) atoms. The number of para-hydroxylation sites is 1. The molecule has 0 saturated heterocycles. The van der Waals surface area contributed by atoms with E-state index in [9.17, 15) is 4.79 Å². The van der Waals surface area contributed by atoms with Gasteiger partial charge in [0.1, 0.15) is 4.38 Å². The number of carbonyl (C=O) groups is 1. The number of carbonyl (C=O) groups excluding carboxylic acids is 1. The lowest BCUT2D eigenvalue weighted by atomic mass is 10.0. The topological polar surface area (TPSA) is 41.5 Å². The zero-order valence-corrected chi connectivity index (χ0v) is 16.1. The van der Waals surface area contributed by atoms with Crippen LogP contribution in [0.2, 0.25) is 0 Å². The van der Waals surface area contributed by atoms with Gasteiger partial charge >= 0.3 is 0 Å². The van der Waals surface area contributed by atoms with Crippen LogP contribution in [0.3, 0.4) is 0 Å². The van der Waals surface area contributed by atoms with E-state index in [1.54, 1.807) is 23.5 Å². The largest absolute Gasteiger partial charge is 0.355 e. The molecule has 0 bridgehead atoms. The average Bonchev–Trinajstić information content (AvgIpc) is 2.66. The number of nitrogens with one attached hydrogen (secondary N) is 1. The number of hydrogen-bond acceptors (Lipinski definition) is 4. The summed E-state index contributed by atoms with van der Waals surface area (Å²) >= 11 is 3.25. The van der Waals surface area contributed by atoms with E-state index >= 15 is 0 Å². The van der Waals surface area contributed by atoms with E-state index in [0.29, 0.717) is 12.5 Å². The predicted octanol–water partition coefficient (Wildman–Crippen LogP) is 4.96. The second kappa shape index (κ2) is 8.59. The van der Waals surface area contributed by atoms with E-state index in [2.05, 4.69) is 35.4 Å². The molecule has 0 saturated carbocycles. The summed E-state index contributed by atoms with van der Waals surface area (Å²) in [4.78, 5) is 17.1. The van der Waals surface area contributed by atoms with Crippen LogP contribution in [0.4, 0.5) is 5.69 Å². The number of fused-ring (bicyclic) bond motifs is 1. The summed E-state index contributed by atoms with van der Waals surface area (Å²) in [5, 5.41) is 2.91. The molecular formula is C20H22N2OS2. The molecular weight excluding hydrogens is 348 g/mol. The van der Waals surface area contributed by atoms with E-state index < -0.39 is 0 Å². The molecule has 1 aliphatic rings. The van der Waals surface area contributed by atoms with E-state index in [-0.39, 0.29) is 11.2 Å². The van der Waals surface area contributed by atoms with Crippen LogP contribution in [0.5, 0.6) is 0 Å². The van der Waals surface area contributed by atoms with Crippen LogP contribution >= 0.6 is 23.5 Å². The van der Waals surface area contributed by atoms with Crippen molar-refractivity contribution in [1.82, 2.24) is 5.32 Å². The van der Waals surface area contributed by atoms with Crippen molar-refractivity contribution in [2.75, 3.05) is 6.54 Å². The molecule has 0 aromatic heterocycles. The molecule has 0 radical (unpaired) electrons. The third kappa shape index (κ3) is 4.89. The molecule has 2 aromatic rings. The molecule has 3 rings (SSSR count). The number of hydrogen-bond donors (Lipinski definition) is 1. The minimum atomic E-state index is -0.153. The van der Waals surface area contributed by atoms with Crippen molar-refractivity contribution in [1.29, 1.82) is 0 Å². The lowest BCUT2D eigenvalue weighted by Crippen LogP contribution is -2.34. The fraction of sp³-hybridized carbons (Fsp3) is 0.300. The van der Waals surface area contributed by atoms with Gasteiger partial charge in [0.25, 0.3) is 0 Å². The van der Waals surface area contributed by atoms with Gasteiger partial charge in [0, 0.05) is 12.3 Å². The SMILES string of the molecule is CC(SC1=Nc2ccccc2CS1)C(=O)NCC(C)c1ccccc1. The molecule has 0 spiro atoms. The number of benzene rings is 2.